The average Bonchev–Trinajstić information content (AvgIpc) is 2.52. The van der Waals surface area contributed by atoms with Crippen molar-refractivity contribution in [1.82, 2.24) is 5.32 Å². The number of halogens is 1. The molecule has 0 spiro atoms. The van der Waals surface area contributed by atoms with Gasteiger partial charge in [-0.3, -0.25) is 0 Å². The summed E-state index contributed by atoms with van der Waals surface area (Å²) in [4.78, 5) is 0. The van der Waals surface area contributed by atoms with Crippen LogP contribution in [0.3, 0.4) is 0 Å². The van der Waals surface area contributed by atoms with Crippen LogP contribution >= 0.6 is 0 Å². The molecule has 0 saturated heterocycles. The largest absolute Gasteiger partial charge is 0.493 e. The molecule has 0 atom stereocenters. The third-order valence-corrected chi connectivity index (χ3v) is 3.36. The van der Waals surface area contributed by atoms with Gasteiger partial charge in [0.25, 0.3) is 0 Å². The fourth-order valence-electron chi connectivity index (χ4n) is 2.12. The summed E-state index contributed by atoms with van der Waals surface area (Å²) in [5, 5.41) is 3.34. The van der Waals surface area contributed by atoms with E-state index in [0.29, 0.717) is 12.3 Å². The third kappa shape index (κ3) is 5.49. The highest BCUT2D eigenvalue weighted by molar-refractivity contribution is 5.27. The van der Waals surface area contributed by atoms with Crippen LogP contribution in [-0.2, 0) is 13.0 Å². The lowest BCUT2D eigenvalue weighted by atomic mass is 10.1. The van der Waals surface area contributed by atoms with Crippen molar-refractivity contribution in [3.63, 3.8) is 0 Å². The van der Waals surface area contributed by atoms with E-state index in [1.807, 2.05) is 24.3 Å². The van der Waals surface area contributed by atoms with Gasteiger partial charge < -0.3 is 10.1 Å². The fraction of sp³-hybridized carbons (Fsp3) is 0.368. The molecule has 0 aromatic heterocycles. The maximum absolute atomic E-state index is 13.5. The van der Waals surface area contributed by atoms with Crippen molar-refractivity contribution in [3.8, 4) is 5.75 Å². The summed E-state index contributed by atoms with van der Waals surface area (Å²) in [6.07, 6.45) is 0.697. The number of hydrogen-bond acceptors (Lipinski definition) is 2. The molecule has 0 aliphatic heterocycles. The van der Waals surface area contributed by atoms with Crippen molar-refractivity contribution >= 4 is 0 Å². The smallest absolute Gasteiger partial charge is 0.126 e. The summed E-state index contributed by atoms with van der Waals surface area (Å²) < 4.78 is 19.1. The lowest BCUT2D eigenvalue weighted by Gasteiger charge is -2.10. The lowest BCUT2D eigenvalue weighted by Crippen LogP contribution is -2.17. The summed E-state index contributed by atoms with van der Waals surface area (Å²) in [6.45, 7) is 6.54. The minimum Gasteiger partial charge on any atom is -0.493 e. The zero-order valence-corrected chi connectivity index (χ0v) is 13.3. The summed E-state index contributed by atoms with van der Waals surface area (Å²) in [5.74, 6) is 1.31. The summed E-state index contributed by atoms with van der Waals surface area (Å²) in [7, 11) is 0. The molecule has 0 unspecified atom stereocenters. The van der Waals surface area contributed by atoms with Gasteiger partial charge in [-0.05, 0) is 48.2 Å². The van der Waals surface area contributed by atoms with Gasteiger partial charge in [0, 0.05) is 6.54 Å². The number of nitrogens with one attached hydrogen (secondary N) is 1. The molecule has 0 radical (unpaired) electrons. The average molecular weight is 301 g/mol. The van der Waals surface area contributed by atoms with Crippen LogP contribution < -0.4 is 10.1 Å². The number of rotatable bonds is 8. The van der Waals surface area contributed by atoms with Gasteiger partial charge in [-0.15, -0.1) is 0 Å². The molecule has 118 valence electrons. The van der Waals surface area contributed by atoms with E-state index in [1.165, 1.54) is 11.6 Å². The van der Waals surface area contributed by atoms with Gasteiger partial charge in [0.05, 0.1) is 6.61 Å². The highest BCUT2D eigenvalue weighted by atomic mass is 19.1. The van der Waals surface area contributed by atoms with Gasteiger partial charge in [-0.1, -0.05) is 44.2 Å². The second-order valence-corrected chi connectivity index (χ2v) is 5.87. The van der Waals surface area contributed by atoms with Gasteiger partial charge in [0.15, 0.2) is 0 Å². The molecular formula is C19H24FNO. The van der Waals surface area contributed by atoms with E-state index in [-0.39, 0.29) is 5.82 Å². The van der Waals surface area contributed by atoms with Crippen LogP contribution in [0, 0.1) is 11.7 Å². The topological polar surface area (TPSA) is 21.3 Å². The number of hydrogen-bond donors (Lipinski definition) is 1. The minimum absolute atomic E-state index is 0.129. The molecule has 2 aromatic carbocycles. The first kappa shape index (κ1) is 16.5. The molecule has 0 aliphatic rings. The Labute approximate surface area is 132 Å². The zero-order valence-electron chi connectivity index (χ0n) is 13.3. The Morgan fingerprint density at radius 2 is 1.77 bits per heavy atom. The molecule has 0 fully saturated rings. The molecule has 2 nitrogen and oxygen atoms in total. The number of benzene rings is 2. The van der Waals surface area contributed by atoms with E-state index in [9.17, 15) is 4.39 Å². The van der Waals surface area contributed by atoms with Crippen LogP contribution in [0.25, 0.3) is 0 Å². The Kier molecular flexibility index (Phi) is 6.41. The van der Waals surface area contributed by atoms with Crippen molar-refractivity contribution < 1.29 is 9.13 Å². The second kappa shape index (κ2) is 8.54. The van der Waals surface area contributed by atoms with E-state index < -0.39 is 0 Å². The van der Waals surface area contributed by atoms with Crippen molar-refractivity contribution in [2.24, 2.45) is 5.92 Å². The summed E-state index contributed by atoms with van der Waals surface area (Å²) in [5.41, 5.74) is 1.96. The molecule has 0 heterocycles. The molecular weight excluding hydrogens is 277 g/mol. The maximum Gasteiger partial charge on any atom is 0.126 e. The van der Waals surface area contributed by atoms with Crippen LogP contribution in [0.2, 0.25) is 0 Å². The zero-order chi connectivity index (χ0) is 15.8. The molecule has 2 aromatic rings. The Morgan fingerprint density at radius 3 is 2.45 bits per heavy atom. The number of ether oxygens (including phenoxy) is 1. The van der Waals surface area contributed by atoms with Crippen LogP contribution in [0.5, 0.6) is 5.75 Å². The predicted molar refractivity (Wildman–Crippen MR) is 88.6 cm³/mol. The van der Waals surface area contributed by atoms with E-state index in [0.717, 1.165) is 31.0 Å². The summed E-state index contributed by atoms with van der Waals surface area (Å²) in [6, 6.07) is 15.0. The molecule has 0 aliphatic carbocycles. The highest BCUT2D eigenvalue weighted by Crippen LogP contribution is 2.13. The van der Waals surface area contributed by atoms with Crippen LogP contribution in [0.1, 0.15) is 25.0 Å². The molecule has 3 heteroatoms. The van der Waals surface area contributed by atoms with Crippen molar-refractivity contribution in [3.05, 3.63) is 65.5 Å². The third-order valence-electron chi connectivity index (χ3n) is 3.36. The van der Waals surface area contributed by atoms with Crippen molar-refractivity contribution in [1.29, 1.82) is 0 Å². The molecule has 2 rings (SSSR count). The highest BCUT2D eigenvalue weighted by Gasteiger charge is 2.01. The van der Waals surface area contributed by atoms with Crippen LogP contribution in [0.4, 0.5) is 4.39 Å². The lowest BCUT2D eigenvalue weighted by molar-refractivity contribution is 0.271. The Bertz CT molecular complexity index is 566. The normalized spacial score (nSPS) is 10.9. The Hall–Kier alpha value is -1.87. The first-order chi connectivity index (χ1) is 10.6. The molecule has 0 saturated carbocycles. The van der Waals surface area contributed by atoms with Gasteiger partial charge in [-0.25, -0.2) is 4.39 Å². The second-order valence-electron chi connectivity index (χ2n) is 5.87. The first-order valence-corrected chi connectivity index (χ1v) is 7.81. The Balaban J connectivity index is 1.72. The van der Waals surface area contributed by atoms with Crippen molar-refractivity contribution in [2.45, 2.75) is 26.8 Å². The van der Waals surface area contributed by atoms with Gasteiger partial charge in [-0.2, -0.15) is 0 Å². The SMILES string of the molecule is CC(C)COc1ccc(CNCCc2ccccc2F)cc1. The van der Waals surface area contributed by atoms with E-state index in [4.69, 9.17) is 4.74 Å². The predicted octanol–water partition coefficient (Wildman–Crippen LogP) is 4.19. The quantitative estimate of drug-likeness (QED) is 0.738. The van der Waals surface area contributed by atoms with E-state index in [2.05, 4.69) is 31.3 Å². The van der Waals surface area contributed by atoms with Crippen LogP contribution in [-0.4, -0.2) is 13.2 Å². The van der Waals surface area contributed by atoms with Crippen LogP contribution in [0.15, 0.2) is 48.5 Å². The Morgan fingerprint density at radius 1 is 1.05 bits per heavy atom. The summed E-state index contributed by atoms with van der Waals surface area (Å²) >= 11 is 0. The molecule has 0 amide bonds. The molecule has 22 heavy (non-hydrogen) atoms. The van der Waals surface area contributed by atoms with Gasteiger partial charge >= 0.3 is 0 Å². The van der Waals surface area contributed by atoms with Gasteiger partial charge in [0.1, 0.15) is 11.6 Å². The van der Waals surface area contributed by atoms with E-state index >= 15 is 0 Å². The first-order valence-electron chi connectivity index (χ1n) is 7.81. The fourth-order valence-corrected chi connectivity index (χ4v) is 2.12. The van der Waals surface area contributed by atoms with Crippen molar-refractivity contribution in [2.75, 3.05) is 13.2 Å². The molecule has 1 N–H and O–H groups in total. The minimum atomic E-state index is -0.129. The molecule has 0 bridgehead atoms. The maximum atomic E-state index is 13.5. The van der Waals surface area contributed by atoms with Gasteiger partial charge in [0.2, 0.25) is 0 Å². The van der Waals surface area contributed by atoms with E-state index in [1.54, 1.807) is 6.07 Å². The standard InChI is InChI=1S/C19H24FNO/c1-15(2)14-22-18-9-7-16(8-10-18)13-21-12-11-17-5-3-4-6-19(17)20/h3-10,15,21H,11-14H2,1-2H3. The monoisotopic (exact) mass is 301 g/mol.